The highest BCUT2D eigenvalue weighted by Gasteiger charge is 2.38. The van der Waals surface area contributed by atoms with E-state index < -0.39 is 6.10 Å². The van der Waals surface area contributed by atoms with Gasteiger partial charge < -0.3 is 14.9 Å². The van der Waals surface area contributed by atoms with Gasteiger partial charge in [0.2, 0.25) is 11.8 Å². The number of β-amino-alcohol motifs (C(OH)–C–C–N with tert-alkyl or cyclic N) is 1. The molecule has 1 N–H and O–H groups in total. The molecule has 2 aliphatic heterocycles. The quantitative estimate of drug-likeness (QED) is 0.817. The maximum Gasteiger partial charge on any atom is 0.228 e. The van der Waals surface area contributed by atoms with Crippen LogP contribution in [0.2, 0.25) is 0 Å². The van der Waals surface area contributed by atoms with Crippen LogP contribution in [-0.2, 0) is 9.59 Å². The molecule has 1 aromatic carbocycles. The zero-order valence-electron chi connectivity index (χ0n) is 16.7. The Bertz CT molecular complexity index is 845. The molecule has 2 saturated heterocycles. The number of anilines is 1. The number of aliphatic hydroxyl groups excluding tert-OH is 1. The Balaban J connectivity index is 1.29. The number of aliphatic hydroxyl groups is 1. The lowest BCUT2D eigenvalue weighted by molar-refractivity contribution is -0.137. The van der Waals surface area contributed by atoms with Crippen LogP contribution in [-0.4, -0.2) is 66.0 Å². The summed E-state index contributed by atoms with van der Waals surface area (Å²) in [6.45, 7) is 5.84. The van der Waals surface area contributed by atoms with Crippen LogP contribution in [0.5, 0.6) is 0 Å². The van der Waals surface area contributed by atoms with E-state index in [4.69, 9.17) is 0 Å². The van der Waals surface area contributed by atoms with E-state index in [2.05, 4.69) is 4.90 Å². The normalized spacial score (nSPS) is 21.6. The molecule has 0 bridgehead atoms. The first-order chi connectivity index (χ1) is 14.0. The van der Waals surface area contributed by atoms with E-state index in [-0.39, 0.29) is 24.2 Å². The summed E-state index contributed by atoms with van der Waals surface area (Å²) in [5.74, 6) is -0.177. The predicted octanol–water partition coefficient (Wildman–Crippen LogP) is 2.29. The molecule has 2 amide bonds. The maximum absolute atomic E-state index is 13.0. The summed E-state index contributed by atoms with van der Waals surface area (Å²) in [6.07, 6.45) is -0.197. The topological polar surface area (TPSA) is 64.1 Å². The average molecular weight is 414 g/mol. The molecule has 0 spiro atoms. The van der Waals surface area contributed by atoms with Crippen LogP contribution in [0.1, 0.15) is 23.0 Å². The van der Waals surface area contributed by atoms with E-state index in [9.17, 15) is 14.7 Å². The van der Waals surface area contributed by atoms with Gasteiger partial charge in [-0.1, -0.05) is 23.8 Å². The van der Waals surface area contributed by atoms with Crippen LogP contribution in [0.3, 0.4) is 0 Å². The van der Waals surface area contributed by atoms with Gasteiger partial charge in [-0.15, -0.1) is 11.3 Å². The largest absolute Gasteiger partial charge is 0.386 e. The van der Waals surface area contributed by atoms with Gasteiger partial charge in [0, 0.05) is 56.3 Å². The zero-order valence-corrected chi connectivity index (χ0v) is 17.5. The van der Waals surface area contributed by atoms with Crippen molar-refractivity contribution in [1.29, 1.82) is 0 Å². The smallest absolute Gasteiger partial charge is 0.228 e. The zero-order chi connectivity index (χ0) is 20.4. The van der Waals surface area contributed by atoms with Crippen molar-refractivity contribution in [3.8, 4) is 0 Å². The first-order valence-corrected chi connectivity index (χ1v) is 11.0. The van der Waals surface area contributed by atoms with Crippen LogP contribution in [0.4, 0.5) is 5.69 Å². The fourth-order valence-corrected chi connectivity index (χ4v) is 4.77. The van der Waals surface area contributed by atoms with Gasteiger partial charge in [-0.05, 0) is 30.5 Å². The molecule has 0 saturated carbocycles. The molecule has 4 rings (SSSR count). The Hall–Kier alpha value is -2.22. The van der Waals surface area contributed by atoms with Crippen LogP contribution < -0.4 is 4.90 Å². The van der Waals surface area contributed by atoms with Gasteiger partial charge in [-0.25, -0.2) is 0 Å². The second-order valence-electron chi connectivity index (χ2n) is 7.90. The van der Waals surface area contributed by atoms with E-state index in [1.165, 1.54) is 0 Å². The maximum atomic E-state index is 13.0. The molecular formula is C22H27N3O3S. The average Bonchev–Trinajstić information content (AvgIpc) is 3.39. The van der Waals surface area contributed by atoms with Gasteiger partial charge in [0.25, 0.3) is 0 Å². The number of rotatable bonds is 5. The Labute approximate surface area is 175 Å². The summed E-state index contributed by atoms with van der Waals surface area (Å²) in [5, 5.41) is 12.3. The molecule has 2 aromatic rings. The van der Waals surface area contributed by atoms with Gasteiger partial charge in [-0.2, -0.15) is 0 Å². The van der Waals surface area contributed by atoms with Crippen LogP contribution >= 0.6 is 11.3 Å². The van der Waals surface area contributed by atoms with Crippen molar-refractivity contribution in [3.63, 3.8) is 0 Å². The summed E-state index contributed by atoms with van der Waals surface area (Å²) in [5.41, 5.74) is 2.01. The van der Waals surface area contributed by atoms with E-state index in [1.54, 1.807) is 16.2 Å². The second kappa shape index (κ2) is 8.65. The fraction of sp³-hybridized carbons (Fsp3) is 0.455. The van der Waals surface area contributed by atoms with E-state index in [1.807, 2.05) is 53.6 Å². The molecule has 6 nitrogen and oxygen atoms in total. The van der Waals surface area contributed by atoms with Crippen molar-refractivity contribution in [3.05, 3.63) is 52.2 Å². The molecule has 2 atom stereocenters. The SMILES string of the molecule is Cc1ccc(N2CC(C(=O)N3CCN(CC(O)c4cccs4)CC3)CC2=O)cc1. The highest BCUT2D eigenvalue weighted by molar-refractivity contribution is 7.10. The molecule has 2 fully saturated rings. The lowest BCUT2D eigenvalue weighted by Crippen LogP contribution is -2.51. The molecule has 0 radical (unpaired) electrons. The Morgan fingerprint density at radius 3 is 2.55 bits per heavy atom. The second-order valence-corrected chi connectivity index (χ2v) is 8.88. The van der Waals surface area contributed by atoms with Gasteiger partial charge in [0.15, 0.2) is 0 Å². The van der Waals surface area contributed by atoms with Gasteiger partial charge in [0.1, 0.15) is 6.10 Å². The minimum Gasteiger partial charge on any atom is -0.386 e. The van der Waals surface area contributed by atoms with E-state index >= 15 is 0 Å². The molecule has 1 aromatic heterocycles. The summed E-state index contributed by atoms with van der Waals surface area (Å²) >= 11 is 1.56. The van der Waals surface area contributed by atoms with Crippen LogP contribution in [0.15, 0.2) is 41.8 Å². The third-order valence-electron chi connectivity index (χ3n) is 5.81. The van der Waals surface area contributed by atoms with Crippen molar-refractivity contribution < 1.29 is 14.7 Å². The van der Waals surface area contributed by atoms with Crippen molar-refractivity contribution in [2.45, 2.75) is 19.4 Å². The number of amides is 2. The number of aryl methyl sites for hydroxylation is 1. The lowest BCUT2D eigenvalue weighted by atomic mass is 10.1. The Morgan fingerprint density at radius 1 is 1.17 bits per heavy atom. The monoisotopic (exact) mass is 413 g/mol. The van der Waals surface area contributed by atoms with Gasteiger partial charge in [0.05, 0.1) is 5.92 Å². The minimum atomic E-state index is -0.479. The standard InChI is InChI=1S/C22H27N3O3S/c1-16-4-6-18(7-5-16)25-14-17(13-21(25)27)22(28)24-10-8-23(9-11-24)15-19(26)20-3-2-12-29-20/h2-7,12,17,19,26H,8-11,13-15H2,1H3. The number of nitrogens with zero attached hydrogens (tertiary/aromatic N) is 3. The molecule has 0 aliphatic carbocycles. The lowest BCUT2D eigenvalue weighted by Gasteiger charge is -2.36. The van der Waals surface area contributed by atoms with Gasteiger partial charge in [-0.3, -0.25) is 14.5 Å². The van der Waals surface area contributed by atoms with E-state index in [0.717, 1.165) is 29.2 Å². The number of thiophene rings is 1. The fourth-order valence-electron chi connectivity index (χ4n) is 4.07. The number of benzene rings is 1. The molecule has 2 unspecified atom stereocenters. The Kier molecular flexibility index (Phi) is 5.99. The number of carbonyl (C=O) groups excluding carboxylic acids is 2. The summed E-state index contributed by atoms with van der Waals surface area (Å²) in [7, 11) is 0. The predicted molar refractivity (Wildman–Crippen MR) is 114 cm³/mol. The first-order valence-electron chi connectivity index (χ1n) is 10.1. The number of carbonyl (C=O) groups is 2. The highest BCUT2D eigenvalue weighted by atomic mass is 32.1. The number of hydrogen-bond acceptors (Lipinski definition) is 5. The van der Waals surface area contributed by atoms with Crippen molar-refractivity contribution in [2.24, 2.45) is 5.92 Å². The Morgan fingerprint density at radius 2 is 1.90 bits per heavy atom. The van der Waals surface area contributed by atoms with Crippen LogP contribution in [0.25, 0.3) is 0 Å². The molecule has 154 valence electrons. The van der Waals surface area contributed by atoms with Crippen molar-refractivity contribution in [1.82, 2.24) is 9.80 Å². The summed E-state index contributed by atoms with van der Waals surface area (Å²) < 4.78 is 0. The van der Waals surface area contributed by atoms with E-state index in [0.29, 0.717) is 26.2 Å². The highest BCUT2D eigenvalue weighted by Crippen LogP contribution is 2.27. The third kappa shape index (κ3) is 4.52. The minimum absolute atomic E-state index is 0.0184. The summed E-state index contributed by atoms with van der Waals surface area (Å²) in [6, 6.07) is 11.8. The van der Waals surface area contributed by atoms with Gasteiger partial charge >= 0.3 is 0 Å². The van der Waals surface area contributed by atoms with Crippen molar-refractivity contribution >= 4 is 28.8 Å². The third-order valence-corrected chi connectivity index (χ3v) is 6.78. The first kappa shape index (κ1) is 20.1. The molecule has 7 heteroatoms. The molecular weight excluding hydrogens is 386 g/mol. The number of hydrogen-bond donors (Lipinski definition) is 1. The molecule has 29 heavy (non-hydrogen) atoms. The molecule has 2 aliphatic rings. The molecule has 3 heterocycles. The van der Waals surface area contributed by atoms with Crippen LogP contribution in [0, 0.1) is 12.8 Å². The van der Waals surface area contributed by atoms with Crippen molar-refractivity contribution in [2.75, 3.05) is 44.2 Å². The number of piperazine rings is 1. The summed E-state index contributed by atoms with van der Waals surface area (Å²) in [4.78, 5) is 32.2.